The first-order valence-electron chi connectivity index (χ1n) is 8.24. The molecule has 0 aliphatic carbocycles. The van der Waals surface area contributed by atoms with Crippen molar-refractivity contribution in [3.63, 3.8) is 0 Å². The third-order valence-electron chi connectivity index (χ3n) is 4.07. The number of hydrogen-bond donors (Lipinski definition) is 1. The van der Waals surface area contributed by atoms with E-state index in [1.54, 1.807) is 24.3 Å². The molecule has 3 rings (SSSR count). The predicted molar refractivity (Wildman–Crippen MR) is 102 cm³/mol. The normalized spacial score (nSPS) is 11.8. The third kappa shape index (κ3) is 4.21. The molecular formula is C21H18ClNO3. The molecule has 0 unspecified atom stereocenters. The number of benzene rings is 3. The number of nitrogens with one attached hydrogen (secondary N) is 1. The molecule has 0 aliphatic heterocycles. The van der Waals surface area contributed by atoms with Crippen LogP contribution in [-0.2, 0) is 9.53 Å². The van der Waals surface area contributed by atoms with Crippen molar-refractivity contribution < 1.29 is 14.3 Å². The Hall–Kier alpha value is -2.85. The molecule has 1 amide bonds. The van der Waals surface area contributed by atoms with Gasteiger partial charge in [0, 0.05) is 5.02 Å². The van der Waals surface area contributed by atoms with Gasteiger partial charge in [0.25, 0.3) is 5.91 Å². The molecule has 0 saturated heterocycles. The molecule has 0 spiro atoms. The summed E-state index contributed by atoms with van der Waals surface area (Å²) in [6.07, 6.45) is 0. The molecule has 0 fully saturated rings. The standard InChI is InChI=1S/C21H18ClNO3/c1-14(16-8-4-9-17(22)12-16)23-20(24)13-26-21(25)19-11-5-7-15-6-2-3-10-18(15)19/h2-12,14H,13H2,1H3,(H,23,24)/t14-/m0/s1. The van der Waals surface area contributed by atoms with E-state index in [2.05, 4.69) is 5.32 Å². The van der Waals surface area contributed by atoms with Gasteiger partial charge in [0.2, 0.25) is 0 Å². The van der Waals surface area contributed by atoms with Gasteiger partial charge in [0.1, 0.15) is 0 Å². The summed E-state index contributed by atoms with van der Waals surface area (Å²) in [6.45, 7) is 1.50. The third-order valence-corrected chi connectivity index (χ3v) is 4.31. The summed E-state index contributed by atoms with van der Waals surface area (Å²) in [7, 11) is 0. The second-order valence-corrected chi connectivity index (χ2v) is 6.38. The summed E-state index contributed by atoms with van der Waals surface area (Å²) in [5.41, 5.74) is 1.32. The van der Waals surface area contributed by atoms with Crippen LogP contribution >= 0.6 is 11.6 Å². The number of ether oxygens (including phenoxy) is 1. The summed E-state index contributed by atoms with van der Waals surface area (Å²) in [5, 5.41) is 5.14. The number of esters is 1. The number of hydrogen-bond acceptors (Lipinski definition) is 3. The largest absolute Gasteiger partial charge is 0.452 e. The maximum Gasteiger partial charge on any atom is 0.339 e. The van der Waals surface area contributed by atoms with Crippen LogP contribution in [0.25, 0.3) is 10.8 Å². The number of carbonyl (C=O) groups excluding carboxylic acids is 2. The van der Waals surface area contributed by atoms with Crippen molar-refractivity contribution in [1.29, 1.82) is 0 Å². The van der Waals surface area contributed by atoms with E-state index in [-0.39, 0.29) is 18.6 Å². The lowest BCUT2D eigenvalue weighted by molar-refractivity contribution is -0.124. The molecule has 0 saturated carbocycles. The van der Waals surface area contributed by atoms with Gasteiger partial charge in [-0.3, -0.25) is 4.79 Å². The summed E-state index contributed by atoms with van der Waals surface area (Å²) < 4.78 is 5.18. The topological polar surface area (TPSA) is 55.4 Å². The number of halogens is 1. The summed E-state index contributed by atoms with van der Waals surface area (Å²) in [5.74, 6) is -0.890. The van der Waals surface area contributed by atoms with Crippen LogP contribution in [0.1, 0.15) is 28.9 Å². The van der Waals surface area contributed by atoms with Crippen LogP contribution in [0.2, 0.25) is 5.02 Å². The maximum atomic E-state index is 12.3. The fourth-order valence-electron chi connectivity index (χ4n) is 2.75. The van der Waals surface area contributed by atoms with E-state index in [0.717, 1.165) is 16.3 Å². The number of amides is 1. The predicted octanol–water partition coefficient (Wildman–Crippen LogP) is 4.53. The van der Waals surface area contributed by atoms with Crippen LogP contribution in [0.15, 0.2) is 66.7 Å². The highest BCUT2D eigenvalue weighted by Gasteiger charge is 2.15. The fraction of sp³-hybridized carbons (Fsp3) is 0.143. The van der Waals surface area contributed by atoms with Gasteiger partial charge in [-0.2, -0.15) is 0 Å². The second-order valence-electron chi connectivity index (χ2n) is 5.95. The molecule has 26 heavy (non-hydrogen) atoms. The van der Waals surface area contributed by atoms with Gasteiger partial charge >= 0.3 is 5.97 Å². The molecule has 0 heterocycles. The Balaban J connectivity index is 1.61. The molecular weight excluding hydrogens is 350 g/mol. The van der Waals surface area contributed by atoms with Crippen LogP contribution in [0.3, 0.4) is 0 Å². The van der Waals surface area contributed by atoms with Gasteiger partial charge in [-0.05, 0) is 41.5 Å². The Kier molecular flexibility index (Phi) is 5.54. The molecule has 0 bridgehead atoms. The van der Waals surface area contributed by atoms with E-state index in [1.807, 2.05) is 49.4 Å². The average molecular weight is 368 g/mol. The molecule has 1 atom stereocenters. The molecule has 1 N–H and O–H groups in total. The lowest BCUT2D eigenvalue weighted by Gasteiger charge is -2.15. The Labute approximate surface area is 156 Å². The Morgan fingerprint density at radius 1 is 1.04 bits per heavy atom. The summed E-state index contributed by atoms with van der Waals surface area (Å²) in [6, 6.07) is 20.0. The molecule has 0 aromatic heterocycles. The molecule has 5 heteroatoms. The van der Waals surface area contributed by atoms with Crippen LogP contribution in [0.4, 0.5) is 0 Å². The minimum absolute atomic E-state index is 0.238. The number of fused-ring (bicyclic) bond motifs is 1. The first kappa shape index (κ1) is 18.0. The zero-order valence-corrected chi connectivity index (χ0v) is 15.0. The van der Waals surface area contributed by atoms with Crippen molar-refractivity contribution in [2.45, 2.75) is 13.0 Å². The first-order chi connectivity index (χ1) is 12.5. The van der Waals surface area contributed by atoms with Gasteiger partial charge < -0.3 is 10.1 Å². The summed E-state index contributed by atoms with van der Waals surface area (Å²) in [4.78, 5) is 24.4. The van der Waals surface area contributed by atoms with E-state index < -0.39 is 5.97 Å². The number of rotatable bonds is 5. The van der Waals surface area contributed by atoms with Gasteiger partial charge in [-0.15, -0.1) is 0 Å². The van der Waals surface area contributed by atoms with Crippen molar-refractivity contribution in [2.24, 2.45) is 0 Å². The quantitative estimate of drug-likeness (QED) is 0.674. The minimum atomic E-state index is -0.521. The molecule has 0 aliphatic rings. The lowest BCUT2D eigenvalue weighted by atomic mass is 10.1. The second kappa shape index (κ2) is 8.02. The molecule has 3 aromatic carbocycles. The van der Waals surface area contributed by atoms with Crippen LogP contribution < -0.4 is 5.32 Å². The SMILES string of the molecule is C[C@H](NC(=O)COC(=O)c1cccc2ccccc12)c1cccc(Cl)c1. The van der Waals surface area contributed by atoms with E-state index in [4.69, 9.17) is 16.3 Å². The highest BCUT2D eigenvalue weighted by Crippen LogP contribution is 2.19. The Bertz CT molecular complexity index is 949. The zero-order chi connectivity index (χ0) is 18.5. The van der Waals surface area contributed by atoms with Crippen molar-refractivity contribution in [3.05, 3.63) is 82.9 Å². The highest BCUT2D eigenvalue weighted by molar-refractivity contribution is 6.30. The van der Waals surface area contributed by atoms with Gasteiger partial charge in [0.05, 0.1) is 11.6 Å². The summed E-state index contributed by atoms with van der Waals surface area (Å²) >= 11 is 5.96. The van der Waals surface area contributed by atoms with Crippen LogP contribution in [-0.4, -0.2) is 18.5 Å². The lowest BCUT2D eigenvalue weighted by Crippen LogP contribution is -2.31. The van der Waals surface area contributed by atoms with Crippen LogP contribution in [0, 0.1) is 0 Å². The maximum absolute atomic E-state index is 12.3. The zero-order valence-electron chi connectivity index (χ0n) is 14.2. The van der Waals surface area contributed by atoms with Crippen molar-refractivity contribution >= 4 is 34.2 Å². The van der Waals surface area contributed by atoms with E-state index in [9.17, 15) is 9.59 Å². The Morgan fingerprint density at radius 3 is 2.58 bits per heavy atom. The minimum Gasteiger partial charge on any atom is -0.452 e. The van der Waals surface area contributed by atoms with Crippen molar-refractivity contribution in [1.82, 2.24) is 5.32 Å². The van der Waals surface area contributed by atoms with E-state index in [1.165, 1.54) is 0 Å². The van der Waals surface area contributed by atoms with Crippen LogP contribution in [0.5, 0.6) is 0 Å². The smallest absolute Gasteiger partial charge is 0.339 e. The van der Waals surface area contributed by atoms with Crippen molar-refractivity contribution in [2.75, 3.05) is 6.61 Å². The monoisotopic (exact) mass is 367 g/mol. The Morgan fingerprint density at radius 2 is 1.77 bits per heavy atom. The highest BCUT2D eigenvalue weighted by atomic mass is 35.5. The first-order valence-corrected chi connectivity index (χ1v) is 8.62. The molecule has 4 nitrogen and oxygen atoms in total. The van der Waals surface area contributed by atoms with Crippen molar-refractivity contribution in [3.8, 4) is 0 Å². The van der Waals surface area contributed by atoms with Gasteiger partial charge in [-0.1, -0.05) is 60.1 Å². The molecule has 0 radical (unpaired) electrons. The van der Waals surface area contributed by atoms with E-state index in [0.29, 0.717) is 10.6 Å². The average Bonchev–Trinajstić information content (AvgIpc) is 2.65. The molecule has 132 valence electrons. The van der Waals surface area contributed by atoms with Gasteiger partial charge in [-0.25, -0.2) is 4.79 Å². The number of carbonyl (C=O) groups is 2. The fourth-order valence-corrected chi connectivity index (χ4v) is 2.95. The van der Waals surface area contributed by atoms with Gasteiger partial charge in [0.15, 0.2) is 6.61 Å². The van der Waals surface area contributed by atoms with E-state index >= 15 is 0 Å². The molecule has 3 aromatic rings.